The van der Waals surface area contributed by atoms with Gasteiger partial charge in [-0.15, -0.1) is 0 Å². The average Bonchev–Trinajstić information content (AvgIpc) is 3.13. The number of nitrogens with zero attached hydrogens (tertiary/aromatic N) is 1. The van der Waals surface area contributed by atoms with Gasteiger partial charge in [0.15, 0.2) is 0 Å². The van der Waals surface area contributed by atoms with E-state index in [1.54, 1.807) is 24.5 Å². The van der Waals surface area contributed by atoms with Gasteiger partial charge in [-0.3, -0.25) is 9.78 Å². The zero-order chi connectivity index (χ0) is 18.6. The standard InChI is InChI=1S/C18H14F3N3O2/c19-18(20,21)12-3-5-13(6-4-12)24-17(25)16-10-14(7-8-22-16)23-11-15-2-1-9-26-15/h1-10H,11H2,(H,22,23)(H,24,25). The molecular weight excluding hydrogens is 347 g/mol. The molecule has 2 N–H and O–H groups in total. The molecule has 0 aliphatic carbocycles. The van der Waals surface area contributed by atoms with Gasteiger partial charge in [-0.05, 0) is 48.5 Å². The van der Waals surface area contributed by atoms with E-state index in [0.29, 0.717) is 12.2 Å². The number of carbonyl (C=O) groups excluding carboxylic acids is 1. The van der Waals surface area contributed by atoms with Gasteiger partial charge >= 0.3 is 6.18 Å². The van der Waals surface area contributed by atoms with E-state index in [1.165, 1.54) is 18.3 Å². The Bertz CT molecular complexity index is 875. The molecule has 0 bridgehead atoms. The van der Waals surface area contributed by atoms with Crippen LogP contribution in [-0.4, -0.2) is 10.9 Å². The van der Waals surface area contributed by atoms with Gasteiger partial charge in [0.1, 0.15) is 11.5 Å². The third-order valence-electron chi connectivity index (χ3n) is 3.51. The van der Waals surface area contributed by atoms with Gasteiger partial charge in [0.25, 0.3) is 5.91 Å². The number of carbonyl (C=O) groups is 1. The maximum absolute atomic E-state index is 12.6. The maximum atomic E-state index is 12.6. The molecule has 0 fully saturated rings. The van der Waals surface area contributed by atoms with Crippen molar-refractivity contribution in [3.63, 3.8) is 0 Å². The van der Waals surface area contributed by atoms with E-state index >= 15 is 0 Å². The number of furan rings is 1. The Balaban J connectivity index is 1.65. The van der Waals surface area contributed by atoms with Crippen molar-refractivity contribution in [3.05, 3.63) is 78.0 Å². The molecule has 0 radical (unpaired) electrons. The van der Waals surface area contributed by atoms with Crippen molar-refractivity contribution in [2.45, 2.75) is 12.7 Å². The van der Waals surface area contributed by atoms with E-state index in [-0.39, 0.29) is 11.4 Å². The van der Waals surface area contributed by atoms with Gasteiger partial charge in [0.05, 0.1) is 18.4 Å². The molecule has 0 aliphatic heterocycles. The first-order valence-corrected chi connectivity index (χ1v) is 7.63. The summed E-state index contributed by atoms with van der Waals surface area (Å²) in [5.74, 6) is 0.212. The van der Waals surface area contributed by atoms with Crippen LogP contribution in [0.4, 0.5) is 24.5 Å². The predicted octanol–water partition coefficient (Wildman–Crippen LogP) is 4.56. The maximum Gasteiger partial charge on any atom is 0.416 e. The fraction of sp³-hybridized carbons (Fsp3) is 0.111. The fourth-order valence-corrected chi connectivity index (χ4v) is 2.20. The molecular formula is C18H14F3N3O2. The van der Waals surface area contributed by atoms with E-state index in [9.17, 15) is 18.0 Å². The quantitative estimate of drug-likeness (QED) is 0.699. The molecule has 0 saturated heterocycles. The number of rotatable bonds is 5. The normalized spacial score (nSPS) is 11.2. The fourth-order valence-electron chi connectivity index (χ4n) is 2.20. The van der Waals surface area contributed by atoms with Gasteiger partial charge in [-0.1, -0.05) is 0 Å². The van der Waals surface area contributed by atoms with Crippen LogP contribution in [0.25, 0.3) is 0 Å². The smallest absolute Gasteiger partial charge is 0.416 e. The van der Waals surface area contributed by atoms with E-state index in [1.807, 2.05) is 6.07 Å². The van der Waals surface area contributed by atoms with Crippen LogP contribution in [0.5, 0.6) is 0 Å². The summed E-state index contributed by atoms with van der Waals surface area (Å²) in [7, 11) is 0. The van der Waals surface area contributed by atoms with Gasteiger partial charge in [-0.25, -0.2) is 0 Å². The van der Waals surface area contributed by atoms with Crippen molar-refractivity contribution in [1.29, 1.82) is 0 Å². The molecule has 0 unspecified atom stereocenters. The summed E-state index contributed by atoms with van der Waals surface area (Å²) in [5.41, 5.74) is 0.264. The highest BCUT2D eigenvalue weighted by molar-refractivity contribution is 6.03. The second kappa shape index (κ2) is 7.30. The number of benzene rings is 1. The number of anilines is 2. The molecule has 8 heteroatoms. The van der Waals surface area contributed by atoms with Crippen molar-refractivity contribution in [3.8, 4) is 0 Å². The van der Waals surface area contributed by atoms with Crippen molar-refractivity contribution in [2.24, 2.45) is 0 Å². The van der Waals surface area contributed by atoms with Gasteiger partial charge < -0.3 is 15.1 Å². The highest BCUT2D eigenvalue weighted by Gasteiger charge is 2.30. The Labute approximate surface area is 146 Å². The SMILES string of the molecule is O=C(Nc1ccc(C(F)(F)F)cc1)c1cc(NCc2ccco2)ccn1. The third kappa shape index (κ3) is 4.41. The number of nitrogens with one attached hydrogen (secondary N) is 2. The van der Waals surface area contributed by atoms with Gasteiger partial charge in [0.2, 0.25) is 0 Å². The number of hydrogen-bond acceptors (Lipinski definition) is 4. The highest BCUT2D eigenvalue weighted by atomic mass is 19.4. The van der Waals surface area contributed by atoms with Crippen LogP contribution in [-0.2, 0) is 12.7 Å². The van der Waals surface area contributed by atoms with E-state index < -0.39 is 17.6 Å². The molecule has 0 saturated carbocycles. The van der Waals surface area contributed by atoms with Crippen LogP contribution in [0.2, 0.25) is 0 Å². The Morgan fingerprint density at radius 1 is 1.08 bits per heavy atom. The highest BCUT2D eigenvalue weighted by Crippen LogP contribution is 2.29. The summed E-state index contributed by atoms with van der Waals surface area (Å²) in [6, 6.07) is 11.0. The lowest BCUT2D eigenvalue weighted by molar-refractivity contribution is -0.137. The number of amides is 1. The molecule has 26 heavy (non-hydrogen) atoms. The molecule has 3 aromatic rings. The number of halogens is 3. The minimum atomic E-state index is -4.42. The lowest BCUT2D eigenvalue weighted by Crippen LogP contribution is -2.14. The molecule has 0 spiro atoms. The van der Waals surface area contributed by atoms with Crippen LogP contribution in [0.3, 0.4) is 0 Å². The molecule has 3 rings (SSSR count). The van der Waals surface area contributed by atoms with E-state index in [2.05, 4.69) is 15.6 Å². The summed E-state index contributed by atoms with van der Waals surface area (Å²) in [4.78, 5) is 16.2. The topological polar surface area (TPSA) is 67.2 Å². The zero-order valence-electron chi connectivity index (χ0n) is 13.4. The number of pyridine rings is 1. The summed E-state index contributed by atoms with van der Waals surface area (Å²) >= 11 is 0. The Hall–Kier alpha value is -3.29. The van der Waals surface area contributed by atoms with Gasteiger partial charge in [0, 0.05) is 17.6 Å². The Kier molecular flexibility index (Phi) is 4.92. The largest absolute Gasteiger partial charge is 0.467 e. The first kappa shape index (κ1) is 17.5. The minimum absolute atomic E-state index is 0.134. The van der Waals surface area contributed by atoms with Crippen LogP contribution >= 0.6 is 0 Å². The molecule has 2 heterocycles. The molecule has 0 atom stereocenters. The summed E-state index contributed by atoms with van der Waals surface area (Å²) in [5, 5.41) is 5.61. The lowest BCUT2D eigenvalue weighted by atomic mass is 10.2. The molecule has 134 valence electrons. The predicted molar refractivity (Wildman–Crippen MR) is 89.7 cm³/mol. The van der Waals surface area contributed by atoms with Crippen LogP contribution < -0.4 is 10.6 Å². The Morgan fingerprint density at radius 2 is 1.85 bits per heavy atom. The number of hydrogen-bond donors (Lipinski definition) is 2. The second-order valence-electron chi connectivity index (χ2n) is 5.39. The monoisotopic (exact) mass is 361 g/mol. The molecule has 0 aliphatic rings. The summed E-state index contributed by atoms with van der Waals surface area (Å²) < 4.78 is 42.9. The van der Waals surface area contributed by atoms with E-state index in [0.717, 1.165) is 17.9 Å². The number of aromatic nitrogens is 1. The van der Waals surface area contributed by atoms with Crippen molar-refractivity contribution >= 4 is 17.3 Å². The van der Waals surface area contributed by atoms with Crippen LogP contribution in [0, 0.1) is 0 Å². The average molecular weight is 361 g/mol. The first-order chi connectivity index (χ1) is 12.4. The van der Waals surface area contributed by atoms with Crippen molar-refractivity contribution < 1.29 is 22.4 Å². The summed E-state index contributed by atoms with van der Waals surface area (Å²) in [6.07, 6.45) is -1.39. The minimum Gasteiger partial charge on any atom is -0.467 e. The molecule has 5 nitrogen and oxygen atoms in total. The van der Waals surface area contributed by atoms with Crippen LogP contribution in [0.1, 0.15) is 21.8 Å². The third-order valence-corrected chi connectivity index (χ3v) is 3.51. The van der Waals surface area contributed by atoms with Gasteiger partial charge in [-0.2, -0.15) is 13.2 Å². The molecule has 1 amide bonds. The zero-order valence-corrected chi connectivity index (χ0v) is 13.4. The first-order valence-electron chi connectivity index (χ1n) is 7.63. The number of alkyl halides is 3. The van der Waals surface area contributed by atoms with Crippen LogP contribution in [0.15, 0.2) is 65.4 Å². The van der Waals surface area contributed by atoms with Crippen molar-refractivity contribution in [2.75, 3.05) is 10.6 Å². The van der Waals surface area contributed by atoms with Crippen molar-refractivity contribution in [1.82, 2.24) is 4.98 Å². The second-order valence-corrected chi connectivity index (χ2v) is 5.39. The van der Waals surface area contributed by atoms with E-state index in [4.69, 9.17) is 4.42 Å². The summed E-state index contributed by atoms with van der Waals surface area (Å²) in [6.45, 7) is 0.441. The molecule has 1 aromatic carbocycles. The lowest BCUT2D eigenvalue weighted by Gasteiger charge is -2.09. The Morgan fingerprint density at radius 3 is 2.50 bits per heavy atom. The molecule has 2 aromatic heterocycles.